The minimum atomic E-state index is -0.398. The van der Waals surface area contributed by atoms with Gasteiger partial charge in [-0.25, -0.2) is 0 Å². The first-order valence-electron chi connectivity index (χ1n) is 10.5. The Balaban J connectivity index is 1.71. The summed E-state index contributed by atoms with van der Waals surface area (Å²) in [4.78, 5) is 12.2. The fraction of sp³-hybridized carbons (Fsp3) is 0.0357. The van der Waals surface area contributed by atoms with Gasteiger partial charge in [0.25, 0.3) is 0 Å². The van der Waals surface area contributed by atoms with Gasteiger partial charge >= 0.3 is 5.97 Å². The summed E-state index contributed by atoms with van der Waals surface area (Å²) in [5.74, 6) is 1.22. The summed E-state index contributed by atoms with van der Waals surface area (Å²) >= 11 is 0. The second-order valence-corrected chi connectivity index (χ2v) is 7.78. The van der Waals surface area contributed by atoms with E-state index in [4.69, 9.17) is 9.47 Å². The normalized spacial score (nSPS) is 12.8. The van der Waals surface area contributed by atoms with Crippen molar-refractivity contribution in [3.8, 4) is 11.4 Å². The van der Waals surface area contributed by atoms with E-state index in [1.54, 1.807) is 0 Å². The van der Waals surface area contributed by atoms with Crippen LogP contribution >= 0.6 is 0 Å². The van der Waals surface area contributed by atoms with E-state index in [2.05, 4.69) is 36.4 Å². The molecule has 4 aromatic carbocycles. The second kappa shape index (κ2) is 7.13. The number of hydrogen-bond donors (Lipinski definition) is 0. The quantitative estimate of drug-likeness (QED) is 0.305. The second-order valence-electron chi connectivity index (χ2n) is 7.78. The van der Waals surface area contributed by atoms with E-state index in [1.165, 1.54) is 6.92 Å². The first kappa shape index (κ1) is 18.5. The summed E-state index contributed by atoms with van der Waals surface area (Å²) in [6, 6.07) is 30.3. The first-order chi connectivity index (χ1) is 15.7. The van der Waals surface area contributed by atoms with Gasteiger partial charge in [-0.2, -0.15) is 0 Å². The maximum atomic E-state index is 12.2. The maximum absolute atomic E-state index is 12.2. The van der Waals surface area contributed by atoms with Crippen molar-refractivity contribution in [3.63, 3.8) is 0 Å². The summed E-state index contributed by atoms with van der Waals surface area (Å²) in [7, 11) is 0. The van der Waals surface area contributed by atoms with E-state index in [1.807, 2.05) is 65.4 Å². The predicted octanol–water partition coefficient (Wildman–Crippen LogP) is 6.57. The van der Waals surface area contributed by atoms with Crippen LogP contribution in [0.3, 0.4) is 0 Å². The zero-order valence-electron chi connectivity index (χ0n) is 17.4. The van der Waals surface area contributed by atoms with Gasteiger partial charge in [0.05, 0.1) is 11.4 Å². The van der Waals surface area contributed by atoms with E-state index < -0.39 is 5.97 Å². The smallest absolute Gasteiger partial charge is 0.308 e. The highest BCUT2D eigenvalue weighted by molar-refractivity contribution is 6.02. The average molecular weight is 417 g/mol. The summed E-state index contributed by atoms with van der Waals surface area (Å²) in [5, 5.41) is 4.28. The van der Waals surface area contributed by atoms with Crippen molar-refractivity contribution in [1.82, 2.24) is 4.57 Å². The molecule has 154 valence electrons. The van der Waals surface area contributed by atoms with Gasteiger partial charge in [0.15, 0.2) is 17.3 Å². The molecule has 0 unspecified atom stereocenters. The predicted molar refractivity (Wildman–Crippen MR) is 126 cm³/mol. The highest BCUT2D eigenvalue weighted by Crippen LogP contribution is 2.42. The van der Waals surface area contributed by atoms with Crippen LogP contribution in [-0.4, -0.2) is 10.5 Å². The minimum absolute atomic E-state index is 0.398. The minimum Gasteiger partial charge on any atom is -0.450 e. The summed E-state index contributed by atoms with van der Waals surface area (Å²) in [5.41, 5.74) is 2.55. The standard InChI is InChI=1S/C28H19NO3/c1-18(30)31-28-24-14-7-17-29(24)26-22-12-5-3-9-20(22)15-16-25(26)32-27(28)23-13-6-10-19-8-2-4-11-21(19)23/h2-17H,1H3. The van der Waals surface area contributed by atoms with Gasteiger partial charge in [-0.3, -0.25) is 4.79 Å². The Hall–Kier alpha value is -4.31. The molecule has 6 rings (SSSR count). The molecule has 0 N–H and O–H groups in total. The molecule has 0 radical (unpaired) electrons. The van der Waals surface area contributed by atoms with Gasteiger partial charge in [0.1, 0.15) is 0 Å². The Morgan fingerprint density at radius 1 is 0.781 bits per heavy atom. The largest absolute Gasteiger partial charge is 0.450 e. The van der Waals surface area contributed by atoms with Gasteiger partial charge in [-0.15, -0.1) is 0 Å². The van der Waals surface area contributed by atoms with Crippen LogP contribution in [0.2, 0.25) is 0 Å². The molecule has 32 heavy (non-hydrogen) atoms. The number of fused-ring (bicyclic) bond motifs is 6. The molecule has 0 aliphatic carbocycles. The molecular formula is C28H19NO3. The number of hydrogen-bond acceptors (Lipinski definition) is 3. The lowest BCUT2D eigenvalue weighted by Crippen LogP contribution is -2.06. The number of benzene rings is 4. The maximum Gasteiger partial charge on any atom is 0.308 e. The van der Waals surface area contributed by atoms with Crippen molar-refractivity contribution in [2.45, 2.75) is 6.92 Å². The zero-order chi connectivity index (χ0) is 21.7. The summed E-state index contributed by atoms with van der Waals surface area (Å²) in [6.45, 7) is 1.41. The highest BCUT2D eigenvalue weighted by atomic mass is 16.6. The lowest BCUT2D eigenvalue weighted by Gasteiger charge is -2.16. The number of aromatic nitrogens is 1. The van der Waals surface area contributed by atoms with Crippen molar-refractivity contribution >= 4 is 39.0 Å². The molecule has 0 atom stereocenters. The third kappa shape index (κ3) is 2.81. The van der Waals surface area contributed by atoms with Gasteiger partial charge in [-0.1, -0.05) is 72.8 Å². The van der Waals surface area contributed by atoms with Crippen LogP contribution in [0.4, 0.5) is 0 Å². The monoisotopic (exact) mass is 417 g/mol. The van der Waals surface area contributed by atoms with Crippen LogP contribution in [0, 0.1) is 0 Å². The summed E-state index contributed by atoms with van der Waals surface area (Å²) in [6.07, 6.45) is 1.97. The molecule has 0 fully saturated rings. The van der Waals surface area contributed by atoms with Crippen molar-refractivity contribution in [3.05, 3.63) is 108 Å². The fourth-order valence-corrected chi connectivity index (χ4v) is 4.44. The van der Waals surface area contributed by atoms with E-state index in [0.717, 1.165) is 38.5 Å². The zero-order valence-corrected chi connectivity index (χ0v) is 17.4. The number of ether oxygens (including phenoxy) is 2. The van der Waals surface area contributed by atoms with Crippen molar-refractivity contribution in [2.24, 2.45) is 0 Å². The third-order valence-corrected chi connectivity index (χ3v) is 5.78. The van der Waals surface area contributed by atoms with Crippen molar-refractivity contribution < 1.29 is 14.3 Å². The molecule has 4 heteroatoms. The summed E-state index contributed by atoms with van der Waals surface area (Å²) < 4.78 is 14.4. The number of carbonyl (C=O) groups is 1. The molecule has 1 aliphatic rings. The molecule has 0 saturated carbocycles. The van der Waals surface area contributed by atoms with E-state index in [0.29, 0.717) is 17.3 Å². The Bertz CT molecular complexity index is 1550. The molecule has 2 heterocycles. The molecule has 5 aromatic rings. The topological polar surface area (TPSA) is 40.5 Å². The molecule has 0 saturated heterocycles. The lowest BCUT2D eigenvalue weighted by molar-refractivity contribution is -0.134. The van der Waals surface area contributed by atoms with Crippen LogP contribution in [0.25, 0.3) is 38.8 Å². The number of carbonyl (C=O) groups excluding carboxylic acids is 1. The van der Waals surface area contributed by atoms with Gasteiger partial charge in [0, 0.05) is 24.1 Å². The Labute approximate surface area is 184 Å². The number of rotatable bonds is 2. The molecular weight excluding hydrogens is 398 g/mol. The molecule has 1 aliphatic heterocycles. The van der Waals surface area contributed by atoms with Crippen LogP contribution in [0.5, 0.6) is 5.75 Å². The van der Waals surface area contributed by atoms with Crippen molar-refractivity contribution in [2.75, 3.05) is 0 Å². The molecule has 0 bridgehead atoms. The fourth-order valence-electron chi connectivity index (χ4n) is 4.44. The molecule has 4 nitrogen and oxygen atoms in total. The van der Waals surface area contributed by atoms with Crippen LogP contribution < -0.4 is 4.74 Å². The lowest BCUT2D eigenvalue weighted by atomic mass is 10.0. The third-order valence-electron chi connectivity index (χ3n) is 5.78. The van der Waals surface area contributed by atoms with Crippen LogP contribution in [0.15, 0.2) is 97.2 Å². The molecule has 0 spiro atoms. The average Bonchev–Trinajstić information content (AvgIpc) is 3.25. The SMILES string of the molecule is CC(=O)OC1=C(c2cccc3ccccc23)Oc2ccc3ccccc3c2-n2cccc21. The Kier molecular flexibility index (Phi) is 4.12. The Morgan fingerprint density at radius 3 is 2.31 bits per heavy atom. The van der Waals surface area contributed by atoms with Crippen LogP contribution in [-0.2, 0) is 9.53 Å². The van der Waals surface area contributed by atoms with Crippen molar-refractivity contribution in [1.29, 1.82) is 0 Å². The first-order valence-corrected chi connectivity index (χ1v) is 10.5. The van der Waals surface area contributed by atoms with Gasteiger partial charge in [-0.05, 0) is 34.4 Å². The molecule has 0 amide bonds. The molecule has 1 aromatic heterocycles. The van der Waals surface area contributed by atoms with E-state index in [-0.39, 0.29) is 0 Å². The highest BCUT2D eigenvalue weighted by Gasteiger charge is 2.28. The van der Waals surface area contributed by atoms with Gasteiger partial charge in [0.2, 0.25) is 0 Å². The van der Waals surface area contributed by atoms with E-state index in [9.17, 15) is 4.79 Å². The van der Waals surface area contributed by atoms with Crippen LogP contribution in [0.1, 0.15) is 18.2 Å². The Morgan fingerprint density at radius 2 is 1.50 bits per heavy atom. The number of nitrogens with zero attached hydrogens (tertiary/aromatic N) is 1. The van der Waals surface area contributed by atoms with Gasteiger partial charge < -0.3 is 14.0 Å². The van der Waals surface area contributed by atoms with E-state index >= 15 is 0 Å². The number of esters is 1.